The molecular weight excluding hydrogens is 384 g/mol. The van der Waals surface area contributed by atoms with Gasteiger partial charge in [-0.3, -0.25) is 14.4 Å². The number of likely N-dealkylation sites (tertiary alicyclic amines) is 1. The molecule has 1 saturated heterocycles. The molecule has 0 aromatic rings. The third-order valence-electron chi connectivity index (χ3n) is 4.77. The Hall–Kier alpha value is -1.81. The monoisotopic (exact) mass is 416 g/mol. The number of carboxylic acids is 1. The smallest absolute Gasteiger partial charge is 0.326 e. The molecule has 0 spiro atoms. The first-order valence-electron chi connectivity index (χ1n) is 9.48. The van der Waals surface area contributed by atoms with Gasteiger partial charge in [0.15, 0.2) is 0 Å². The Morgan fingerprint density at radius 1 is 1.18 bits per heavy atom. The highest BCUT2D eigenvalue weighted by Gasteiger charge is 2.39. The maximum absolute atomic E-state index is 12.8. The Morgan fingerprint density at radius 3 is 2.36 bits per heavy atom. The van der Waals surface area contributed by atoms with E-state index in [0.29, 0.717) is 25.8 Å². The summed E-state index contributed by atoms with van der Waals surface area (Å²) in [4.78, 5) is 50.1. The third-order valence-corrected chi connectivity index (χ3v) is 5.42. The lowest BCUT2D eigenvalue weighted by Crippen LogP contribution is -2.57. The number of thioether (sulfide) groups is 1. The van der Waals surface area contributed by atoms with Gasteiger partial charge in [-0.2, -0.15) is 11.8 Å². The first-order valence-corrected chi connectivity index (χ1v) is 10.9. The van der Waals surface area contributed by atoms with E-state index >= 15 is 0 Å². The number of carboxylic acid groups (broad SMARTS) is 1. The first kappa shape index (κ1) is 24.2. The molecule has 3 amide bonds. The van der Waals surface area contributed by atoms with Crippen molar-refractivity contribution in [1.82, 2.24) is 15.5 Å². The van der Waals surface area contributed by atoms with Gasteiger partial charge >= 0.3 is 5.97 Å². The summed E-state index contributed by atoms with van der Waals surface area (Å²) in [7, 11) is 0. The molecule has 1 rings (SSSR count). The van der Waals surface area contributed by atoms with Crippen molar-refractivity contribution in [2.24, 2.45) is 11.7 Å². The Labute approximate surface area is 170 Å². The highest BCUT2D eigenvalue weighted by molar-refractivity contribution is 7.98. The third kappa shape index (κ3) is 6.66. The maximum Gasteiger partial charge on any atom is 0.326 e. The number of nitrogens with two attached hydrogens (primary N) is 1. The Balaban J connectivity index is 2.72. The van der Waals surface area contributed by atoms with Crippen LogP contribution >= 0.6 is 11.8 Å². The quantitative estimate of drug-likeness (QED) is 0.386. The molecule has 0 aromatic heterocycles. The van der Waals surface area contributed by atoms with E-state index < -0.39 is 47.9 Å². The molecule has 0 aliphatic carbocycles. The number of nitrogens with zero attached hydrogens (tertiary/aromatic N) is 1. The van der Waals surface area contributed by atoms with Crippen molar-refractivity contribution in [2.75, 3.05) is 18.6 Å². The van der Waals surface area contributed by atoms with Gasteiger partial charge in [-0.25, -0.2) is 4.79 Å². The summed E-state index contributed by atoms with van der Waals surface area (Å²) in [6.45, 7) is 5.42. The van der Waals surface area contributed by atoms with Crippen LogP contribution in [-0.4, -0.2) is 76.4 Å². The van der Waals surface area contributed by atoms with Gasteiger partial charge in [-0.1, -0.05) is 13.8 Å². The summed E-state index contributed by atoms with van der Waals surface area (Å²) in [6, 6.07) is -3.30. The summed E-state index contributed by atoms with van der Waals surface area (Å²) in [6.07, 6.45) is 3.43. The fourth-order valence-electron chi connectivity index (χ4n) is 3.02. The maximum atomic E-state index is 12.8. The molecule has 10 heteroatoms. The molecule has 0 saturated carbocycles. The Bertz CT molecular complexity index is 586. The van der Waals surface area contributed by atoms with Crippen LogP contribution in [0, 0.1) is 5.92 Å². The normalized spacial score (nSPS) is 19.8. The summed E-state index contributed by atoms with van der Waals surface area (Å²) >= 11 is 1.58. The predicted octanol–water partition coefficient (Wildman–Crippen LogP) is -0.212. The molecule has 9 nitrogen and oxygen atoms in total. The van der Waals surface area contributed by atoms with Gasteiger partial charge in [-0.15, -0.1) is 0 Å². The second-order valence-corrected chi connectivity index (χ2v) is 8.36. The molecule has 1 aliphatic rings. The first-order chi connectivity index (χ1) is 13.1. The zero-order valence-electron chi connectivity index (χ0n) is 16.9. The lowest BCUT2D eigenvalue weighted by atomic mass is 10.0. The number of hydrogen-bond donors (Lipinski definition) is 4. The standard InChI is InChI=1S/C18H32N4O5S/c1-10(2)14(17(25)22-8-5-6-13(22)18(26)27)21-15(23)11(3)20-16(24)12(19)7-9-28-4/h10-14H,5-9,19H2,1-4H3,(H,20,24)(H,21,23)(H,26,27). The van der Waals surface area contributed by atoms with Crippen molar-refractivity contribution >= 4 is 35.5 Å². The van der Waals surface area contributed by atoms with Crippen molar-refractivity contribution in [3.8, 4) is 0 Å². The molecule has 4 atom stereocenters. The van der Waals surface area contributed by atoms with Crippen LogP contribution in [-0.2, 0) is 19.2 Å². The van der Waals surface area contributed by atoms with Crippen molar-refractivity contribution < 1.29 is 24.3 Å². The minimum Gasteiger partial charge on any atom is -0.480 e. The molecule has 5 N–H and O–H groups in total. The summed E-state index contributed by atoms with van der Waals surface area (Å²) in [5, 5.41) is 14.5. The predicted molar refractivity (Wildman–Crippen MR) is 108 cm³/mol. The summed E-state index contributed by atoms with van der Waals surface area (Å²) < 4.78 is 0. The van der Waals surface area contributed by atoms with Gasteiger partial charge in [0, 0.05) is 6.54 Å². The van der Waals surface area contributed by atoms with Gasteiger partial charge in [0.1, 0.15) is 18.1 Å². The second kappa shape index (κ2) is 11.3. The lowest BCUT2D eigenvalue weighted by Gasteiger charge is -2.30. The van der Waals surface area contributed by atoms with Crippen molar-refractivity contribution in [3.05, 3.63) is 0 Å². The van der Waals surface area contributed by atoms with Crippen LogP contribution < -0.4 is 16.4 Å². The van der Waals surface area contributed by atoms with E-state index in [4.69, 9.17) is 5.73 Å². The average molecular weight is 417 g/mol. The van der Waals surface area contributed by atoms with Crippen LogP contribution in [0.5, 0.6) is 0 Å². The summed E-state index contributed by atoms with van der Waals surface area (Å²) in [5.41, 5.74) is 5.80. The highest BCUT2D eigenvalue weighted by atomic mass is 32.2. The number of nitrogens with one attached hydrogen (secondary N) is 2. The van der Waals surface area contributed by atoms with E-state index in [0.717, 1.165) is 5.75 Å². The van der Waals surface area contributed by atoms with Gasteiger partial charge in [0.2, 0.25) is 17.7 Å². The number of carbonyl (C=O) groups excluding carboxylic acids is 3. The Kier molecular flexibility index (Phi) is 9.74. The van der Waals surface area contributed by atoms with E-state index in [1.807, 2.05) is 6.26 Å². The highest BCUT2D eigenvalue weighted by Crippen LogP contribution is 2.20. The second-order valence-electron chi connectivity index (χ2n) is 7.38. The lowest BCUT2D eigenvalue weighted by molar-refractivity contribution is -0.150. The van der Waals surface area contributed by atoms with E-state index in [9.17, 15) is 24.3 Å². The fourth-order valence-corrected chi connectivity index (χ4v) is 3.51. The number of amides is 3. The van der Waals surface area contributed by atoms with Crippen LogP contribution in [0.3, 0.4) is 0 Å². The minimum atomic E-state index is -1.04. The topological polar surface area (TPSA) is 142 Å². The van der Waals surface area contributed by atoms with Gasteiger partial charge in [0.05, 0.1) is 6.04 Å². The van der Waals surface area contributed by atoms with Crippen molar-refractivity contribution in [3.63, 3.8) is 0 Å². The molecule has 1 heterocycles. The fraction of sp³-hybridized carbons (Fsp3) is 0.778. The molecule has 0 radical (unpaired) electrons. The van der Waals surface area contributed by atoms with Crippen LogP contribution in [0.1, 0.15) is 40.0 Å². The van der Waals surface area contributed by atoms with Crippen molar-refractivity contribution in [1.29, 1.82) is 0 Å². The molecule has 4 unspecified atom stereocenters. The largest absolute Gasteiger partial charge is 0.480 e. The minimum absolute atomic E-state index is 0.238. The van der Waals surface area contributed by atoms with Gasteiger partial charge < -0.3 is 26.4 Å². The van der Waals surface area contributed by atoms with Gasteiger partial charge in [-0.05, 0) is 44.1 Å². The SMILES string of the molecule is CSCCC(N)C(=O)NC(C)C(=O)NC(C(=O)N1CCCC1C(=O)O)C(C)C. The molecule has 160 valence electrons. The average Bonchev–Trinajstić information content (AvgIpc) is 3.12. The Morgan fingerprint density at radius 2 is 1.82 bits per heavy atom. The molecule has 1 aliphatic heterocycles. The number of aliphatic carboxylic acids is 1. The molecular formula is C18H32N4O5S. The van der Waals surface area contributed by atoms with Crippen LogP contribution in [0.2, 0.25) is 0 Å². The van der Waals surface area contributed by atoms with Crippen LogP contribution in [0.4, 0.5) is 0 Å². The van der Waals surface area contributed by atoms with E-state index in [2.05, 4.69) is 10.6 Å². The number of hydrogen-bond acceptors (Lipinski definition) is 6. The summed E-state index contributed by atoms with van der Waals surface area (Å²) in [5.74, 6) is -1.89. The van der Waals surface area contributed by atoms with E-state index in [-0.39, 0.29) is 5.92 Å². The molecule has 28 heavy (non-hydrogen) atoms. The van der Waals surface area contributed by atoms with Crippen LogP contribution in [0.15, 0.2) is 0 Å². The molecule has 1 fully saturated rings. The zero-order valence-corrected chi connectivity index (χ0v) is 17.8. The van der Waals surface area contributed by atoms with E-state index in [1.54, 1.807) is 25.6 Å². The molecule has 0 aromatic carbocycles. The van der Waals surface area contributed by atoms with Gasteiger partial charge in [0.25, 0.3) is 0 Å². The number of rotatable bonds is 10. The van der Waals surface area contributed by atoms with E-state index in [1.165, 1.54) is 11.8 Å². The zero-order chi connectivity index (χ0) is 21.4. The van der Waals surface area contributed by atoms with Crippen LogP contribution in [0.25, 0.3) is 0 Å². The van der Waals surface area contributed by atoms with Crippen molar-refractivity contribution in [2.45, 2.75) is 64.2 Å². The number of carbonyl (C=O) groups is 4. The molecule has 0 bridgehead atoms.